The molecule has 10 heavy (non-hydrogen) atoms. The first-order chi connectivity index (χ1) is 4.66. The SMILES string of the molecule is C=C/C=C(\C)CNC(C)=O. The van der Waals surface area contributed by atoms with E-state index in [9.17, 15) is 4.79 Å². The lowest BCUT2D eigenvalue weighted by Crippen LogP contribution is -2.21. The topological polar surface area (TPSA) is 29.1 Å². The Kier molecular flexibility index (Phi) is 4.29. The van der Waals surface area contributed by atoms with Crippen molar-refractivity contribution in [1.29, 1.82) is 0 Å². The molecule has 0 aliphatic heterocycles. The van der Waals surface area contributed by atoms with Crippen molar-refractivity contribution in [1.82, 2.24) is 5.32 Å². The van der Waals surface area contributed by atoms with Crippen LogP contribution in [0.3, 0.4) is 0 Å². The number of nitrogens with one attached hydrogen (secondary N) is 1. The van der Waals surface area contributed by atoms with E-state index in [0.717, 1.165) is 5.57 Å². The van der Waals surface area contributed by atoms with Crippen LogP contribution in [0.5, 0.6) is 0 Å². The van der Waals surface area contributed by atoms with Crippen molar-refractivity contribution in [3.05, 3.63) is 24.3 Å². The van der Waals surface area contributed by atoms with Gasteiger partial charge in [-0.15, -0.1) is 0 Å². The van der Waals surface area contributed by atoms with E-state index in [-0.39, 0.29) is 5.91 Å². The zero-order valence-electron chi connectivity index (χ0n) is 6.48. The summed E-state index contributed by atoms with van der Waals surface area (Å²) in [7, 11) is 0. The largest absolute Gasteiger partial charge is 0.353 e. The summed E-state index contributed by atoms with van der Waals surface area (Å²) in [6.07, 6.45) is 3.58. The quantitative estimate of drug-likeness (QED) is 0.586. The van der Waals surface area contributed by atoms with Gasteiger partial charge in [-0.05, 0) is 6.92 Å². The van der Waals surface area contributed by atoms with Gasteiger partial charge in [0.25, 0.3) is 0 Å². The van der Waals surface area contributed by atoms with Crippen LogP contribution in [0, 0.1) is 0 Å². The molecule has 1 N–H and O–H groups in total. The van der Waals surface area contributed by atoms with Crippen LogP contribution in [-0.4, -0.2) is 12.5 Å². The van der Waals surface area contributed by atoms with Crippen molar-refractivity contribution in [2.45, 2.75) is 13.8 Å². The minimum Gasteiger partial charge on any atom is -0.353 e. The fourth-order valence-corrected chi connectivity index (χ4v) is 0.524. The molecule has 0 fully saturated rings. The van der Waals surface area contributed by atoms with Crippen molar-refractivity contribution in [2.75, 3.05) is 6.54 Å². The number of hydrogen-bond donors (Lipinski definition) is 1. The van der Waals surface area contributed by atoms with Crippen LogP contribution in [0.25, 0.3) is 0 Å². The van der Waals surface area contributed by atoms with Gasteiger partial charge in [-0.25, -0.2) is 0 Å². The monoisotopic (exact) mass is 139 g/mol. The van der Waals surface area contributed by atoms with Gasteiger partial charge in [-0.2, -0.15) is 0 Å². The third-order valence-corrected chi connectivity index (χ3v) is 1.02. The maximum atomic E-state index is 10.4. The number of hydrogen-bond acceptors (Lipinski definition) is 1. The number of carbonyl (C=O) groups is 1. The molecule has 0 aromatic rings. The Balaban J connectivity index is 3.58. The first-order valence-corrected chi connectivity index (χ1v) is 3.19. The fraction of sp³-hybridized carbons (Fsp3) is 0.375. The second-order valence-corrected chi connectivity index (χ2v) is 2.16. The minimum atomic E-state index is -0.00295. The second-order valence-electron chi connectivity index (χ2n) is 2.16. The molecule has 0 bridgehead atoms. The molecule has 2 nitrogen and oxygen atoms in total. The lowest BCUT2D eigenvalue weighted by atomic mass is 10.3. The molecular formula is C8H13NO. The second kappa shape index (κ2) is 4.79. The maximum absolute atomic E-state index is 10.4. The average Bonchev–Trinajstić information content (AvgIpc) is 1.85. The molecule has 1 amide bonds. The Bertz CT molecular complexity index is 159. The van der Waals surface area contributed by atoms with Gasteiger partial charge in [0.15, 0.2) is 0 Å². The highest BCUT2D eigenvalue weighted by atomic mass is 16.1. The van der Waals surface area contributed by atoms with E-state index in [1.807, 2.05) is 13.0 Å². The van der Waals surface area contributed by atoms with Crippen molar-refractivity contribution in [3.63, 3.8) is 0 Å². The molecular weight excluding hydrogens is 126 g/mol. The normalized spacial score (nSPS) is 10.8. The summed E-state index contributed by atoms with van der Waals surface area (Å²) in [5.41, 5.74) is 1.10. The van der Waals surface area contributed by atoms with Gasteiger partial charge in [-0.1, -0.05) is 24.3 Å². The first kappa shape index (κ1) is 8.95. The smallest absolute Gasteiger partial charge is 0.217 e. The minimum absolute atomic E-state index is 0.00295. The third kappa shape index (κ3) is 5.09. The highest BCUT2D eigenvalue weighted by Crippen LogP contribution is 1.88. The Morgan fingerprint density at radius 3 is 2.60 bits per heavy atom. The average molecular weight is 139 g/mol. The molecule has 0 rings (SSSR count). The number of rotatable bonds is 3. The summed E-state index contributed by atoms with van der Waals surface area (Å²) < 4.78 is 0. The molecule has 0 unspecified atom stereocenters. The summed E-state index contributed by atoms with van der Waals surface area (Å²) >= 11 is 0. The molecule has 0 saturated carbocycles. The van der Waals surface area contributed by atoms with Gasteiger partial charge in [0, 0.05) is 13.5 Å². The van der Waals surface area contributed by atoms with Gasteiger partial charge in [0.1, 0.15) is 0 Å². The van der Waals surface area contributed by atoms with E-state index in [2.05, 4.69) is 11.9 Å². The van der Waals surface area contributed by atoms with Crippen molar-refractivity contribution in [3.8, 4) is 0 Å². The number of carbonyl (C=O) groups excluding carboxylic acids is 1. The van der Waals surface area contributed by atoms with Gasteiger partial charge >= 0.3 is 0 Å². The van der Waals surface area contributed by atoms with E-state index in [1.54, 1.807) is 6.08 Å². The molecule has 0 aromatic carbocycles. The Morgan fingerprint density at radius 1 is 1.60 bits per heavy atom. The van der Waals surface area contributed by atoms with E-state index in [0.29, 0.717) is 6.54 Å². The Labute approximate surface area is 61.6 Å². The van der Waals surface area contributed by atoms with Gasteiger partial charge in [0.05, 0.1) is 0 Å². The van der Waals surface area contributed by atoms with Crippen LogP contribution < -0.4 is 5.32 Å². The van der Waals surface area contributed by atoms with E-state index in [4.69, 9.17) is 0 Å². The van der Waals surface area contributed by atoms with Crippen molar-refractivity contribution < 1.29 is 4.79 Å². The highest BCUT2D eigenvalue weighted by molar-refractivity contribution is 5.73. The van der Waals surface area contributed by atoms with Gasteiger partial charge in [0.2, 0.25) is 5.91 Å². The van der Waals surface area contributed by atoms with Crippen molar-refractivity contribution >= 4 is 5.91 Å². The van der Waals surface area contributed by atoms with Crippen LogP contribution in [0.2, 0.25) is 0 Å². The Morgan fingerprint density at radius 2 is 2.20 bits per heavy atom. The van der Waals surface area contributed by atoms with Gasteiger partial charge < -0.3 is 5.32 Å². The molecule has 0 saturated heterocycles. The molecule has 2 heteroatoms. The van der Waals surface area contributed by atoms with Crippen LogP contribution in [-0.2, 0) is 4.79 Å². The summed E-state index contributed by atoms with van der Waals surface area (Å²) in [5.74, 6) is -0.00295. The van der Waals surface area contributed by atoms with E-state index < -0.39 is 0 Å². The summed E-state index contributed by atoms with van der Waals surface area (Å²) in [6, 6.07) is 0. The lowest BCUT2D eigenvalue weighted by molar-refractivity contribution is -0.118. The Hall–Kier alpha value is -1.05. The number of allylic oxidation sites excluding steroid dienone is 2. The van der Waals surface area contributed by atoms with Crippen LogP contribution in [0.4, 0.5) is 0 Å². The zero-order chi connectivity index (χ0) is 7.98. The first-order valence-electron chi connectivity index (χ1n) is 3.19. The molecule has 0 heterocycles. The molecule has 0 aliphatic carbocycles. The summed E-state index contributed by atoms with van der Waals surface area (Å²) in [6.45, 7) is 7.59. The summed E-state index contributed by atoms with van der Waals surface area (Å²) in [4.78, 5) is 10.4. The summed E-state index contributed by atoms with van der Waals surface area (Å²) in [5, 5.41) is 2.68. The molecule has 0 spiro atoms. The van der Waals surface area contributed by atoms with E-state index in [1.165, 1.54) is 6.92 Å². The molecule has 0 radical (unpaired) electrons. The van der Waals surface area contributed by atoms with Crippen LogP contribution >= 0.6 is 0 Å². The lowest BCUT2D eigenvalue weighted by Gasteiger charge is -1.99. The zero-order valence-corrected chi connectivity index (χ0v) is 6.48. The number of amides is 1. The highest BCUT2D eigenvalue weighted by Gasteiger charge is 1.89. The fourth-order valence-electron chi connectivity index (χ4n) is 0.524. The van der Waals surface area contributed by atoms with E-state index >= 15 is 0 Å². The standard InChI is InChI=1S/C8H13NO/c1-4-5-7(2)6-9-8(3)10/h4-5H,1,6H2,2-3H3,(H,9,10)/b7-5+. The van der Waals surface area contributed by atoms with Crippen LogP contribution in [0.1, 0.15) is 13.8 Å². The molecule has 0 atom stereocenters. The predicted octanol–water partition coefficient (Wildman–Crippen LogP) is 1.25. The van der Waals surface area contributed by atoms with Gasteiger partial charge in [-0.3, -0.25) is 4.79 Å². The molecule has 56 valence electrons. The third-order valence-electron chi connectivity index (χ3n) is 1.02. The maximum Gasteiger partial charge on any atom is 0.217 e. The molecule has 0 aromatic heterocycles. The van der Waals surface area contributed by atoms with Crippen molar-refractivity contribution in [2.24, 2.45) is 0 Å². The molecule has 0 aliphatic rings. The van der Waals surface area contributed by atoms with Crippen LogP contribution in [0.15, 0.2) is 24.3 Å². The predicted molar refractivity (Wildman–Crippen MR) is 42.6 cm³/mol.